The molecule has 0 spiro atoms. The van der Waals surface area contributed by atoms with Crippen LogP contribution in [0.1, 0.15) is 32.6 Å². The van der Waals surface area contributed by atoms with Gasteiger partial charge in [0.15, 0.2) is 0 Å². The summed E-state index contributed by atoms with van der Waals surface area (Å²) in [7, 11) is 0. The second-order valence-electron chi connectivity index (χ2n) is 2.65. The minimum atomic E-state index is 0.804. The topological polar surface area (TPSA) is 18.5 Å². The summed E-state index contributed by atoms with van der Waals surface area (Å²) in [5.41, 5.74) is 0. The van der Waals surface area contributed by atoms with Crippen molar-refractivity contribution in [1.82, 2.24) is 0 Å². The molecule has 0 radical (unpaired) electrons. The molecule has 0 heterocycles. The van der Waals surface area contributed by atoms with E-state index in [2.05, 4.69) is 6.58 Å². The van der Waals surface area contributed by atoms with Crippen molar-refractivity contribution in [1.29, 1.82) is 0 Å². The van der Waals surface area contributed by atoms with E-state index in [-0.39, 0.29) is 0 Å². The predicted octanol–water partition coefficient (Wildman–Crippen LogP) is 2.74. The molecular weight excluding hydrogens is 152 g/mol. The number of rotatable bonds is 9. The van der Waals surface area contributed by atoms with Gasteiger partial charge in [0.2, 0.25) is 0 Å². The van der Waals surface area contributed by atoms with E-state index >= 15 is 0 Å². The Hall–Kier alpha value is -0.500. The van der Waals surface area contributed by atoms with Crippen LogP contribution in [0.3, 0.4) is 0 Å². The van der Waals surface area contributed by atoms with Gasteiger partial charge in [0.25, 0.3) is 0 Å². The molecule has 72 valence electrons. The molecule has 0 fully saturated rings. The second-order valence-corrected chi connectivity index (χ2v) is 2.65. The van der Waals surface area contributed by atoms with Crippen LogP contribution in [0.15, 0.2) is 12.8 Å². The number of hydrogen-bond acceptors (Lipinski definition) is 2. The van der Waals surface area contributed by atoms with E-state index in [9.17, 15) is 0 Å². The Bertz CT molecular complexity index is 91.8. The van der Waals surface area contributed by atoms with Gasteiger partial charge in [-0.15, -0.1) is 0 Å². The first kappa shape index (κ1) is 11.5. The molecule has 0 aromatic heterocycles. The minimum absolute atomic E-state index is 0.804. The van der Waals surface area contributed by atoms with Gasteiger partial charge >= 0.3 is 0 Å². The van der Waals surface area contributed by atoms with Gasteiger partial charge in [0.05, 0.1) is 12.9 Å². The van der Waals surface area contributed by atoms with Crippen molar-refractivity contribution in [3.8, 4) is 0 Å². The van der Waals surface area contributed by atoms with Crippen molar-refractivity contribution in [3.05, 3.63) is 12.8 Å². The summed E-state index contributed by atoms with van der Waals surface area (Å²) < 4.78 is 10.2. The molecule has 0 saturated carbocycles. The maximum atomic E-state index is 5.21. The normalized spacial score (nSPS) is 9.75. The van der Waals surface area contributed by atoms with Gasteiger partial charge in [-0.2, -0.15) is 0 Å². The maximum absolute atomic E-state index is 5.21. The summed E-state index contributed by atoms with van der Waals surface area (Å²) >= 11 is 0. The zero-order chi connectivity index (χ0) is 9.07. The maximum Gasteiger partial charge on any atom is 0.0873 e. The Kier molecular flexibility index (Phi) is 10.1. The summed E-state index contributed by atoms with van der Waals surface area (Å²) in [5, 5.41) is 0. The van der Waals surface area contributed by atoms with Gasteiger partial charge in [-0.3, -0.25) is 0 Å². The fourth-order valence-corrected chi connectivity index (χ4v) is 0.971. The van der Waals surface area contributed by atoms with Crippen molar-refractivity contribution in [2.24, 2.45) is 0 Å². The lowest BCUT2D eigenvalue weighted by Crippen LogP contribution is -1.94. The van der Waals surface area contributed by atoms with Crippen LogP contribution in [-0.4, -0.2) is 19.8 Å². The fourth-order valence-electron chi connectivity index (χ4n) is 0.971. The Morgan fingerprint density at radius 3 is 2.33 bits per heavy atom. The molecular formula is C10H20O2. The summed E-state index contributed by atoms with van der Waals surface area (Å²) in [6, 6.07) is 0. The van der Waals surface area contributed by atoms with Gasteiger partial charge < -0.3 is 9.47 Å². The molecule has 0 saturated heterocycles. The van der Waals surface area contributed by atoms with Crippen LogP contribution in [-0.2, 0) is 9.47 Å². The molecule has 0 unspecified atom stereocenters. The molecule has 0 amide bonds. The summed E-state index contributed by atoms with van der Waals surface area (Å²) in [6.45, 7) is 8.04. The van der Waals surface area contributed by atoms with Crippen molar-refractivity contribution in [2.75, 3.05) is 19.8 Å². The molecule has 0 aliphatic rings. The Morgan fingerprint density at radius 1 is 1.08 bits per heavy atom. The Morgan fingerprint density at radius 2 is 1.75 bits per heavy atom. The highest BCUT2D eigenvalue weighted by molar-refractivity contribution is 4.49. The minimum Gasteiger partial charge on any atom is -0.502 e. The van der Waals surface area contributed by atoms with E-state index in [0.717, 1.165) is 26.2 Å². The smallest absolute Gasteiger partial charge is 0.0873 e. The molecule has 0 atom stereocenters. The quantitative estimate of drug-likeness (QED) is 0.393. The first-order valence-electron chi connectivity index (χ1n) is 4.72. The zero-order valence-electron chi connectivity index (χ0n) is 8.05. The molecule has 0 aromatic carbocycles. The molecule has 0 rings (SSSR count). The van der Waals surface area contributed by atoms with Crippen LogP contribution in [0.5, 0.6) is 0 Å². The van der Waals surface area contributed by atoms with Gasteiger partial charge in [-0.05, 0) is 26.2 Å². The highest BCUT2D eigenvalue weighted by atomic mass is 16.5. The van der Waals surface area contributed by atoms with Gasteiger partial charge in [-0.1, -0.05) is 13.0 Å². The summed E-state index contributed by atoms with van der Waals surface area (Å²) in [5.74, 6) is 0. The Balaban J connectivity index is 2.77. The average Bonchev–Trinajstić information content (AvgIpc) is 2.10. The lowest BCUT2D eigenvalue weighted by molar-refractivity contribution is 0.142. The number of hydrogen-bond donors (Lipinski definition) is 0. The van der Waals surface area contributed by atoms with E-state index < -0.39 is 0 Å². The first-order valence-corrected chi connectivity index (χ1v) is 4.72. The molecule has 0 aliphatic heterocycles. The predicted molar refractivity (Wildman–Crippen MR) is 51.1 cm³/mol. The SMILES string of the molecule is C=COCCCCCCOCC. The molecule has 0 aromatic rings. The van der Waals surface area contributed by atoms with E-state index in [1.807, 2.05) is 6.92 Å². The van der Waals surface area contributed by atoms with Crippen LogP contribution in [0.4, 0.5) is 0 Å². The standard InChI is InChI=1S/C10H20O2/c1-3-11-9-7-5-6-8-10-12-4-2/h3H,1,4-10H2,2H3. The third-order valence-corrected chi connectivity index (χ3v) is 1.62. The lowest BCUT2D eigenvalue weighted by Gasteiger charge is -2.01. The summed E-state index contributed by atoms with van der Waals surface area (Å²) in [6.07, 6.45) is 6.25. The number of unbranched alkanes of at least 4 members (excludes halogenated alkanes) is 3. The van der Waals surface area contributed by atoms with Crippen LogP contribution < -0.4 is 0 Å². The van der Waals surface area contributed by atoms with Crippen molar-refractivity contribution < 1.29 is 9.47 Å². The van der Waals surface area contributed by atoms with Gasteiger partial charge in [0.1, 0.15) is 0 Å². The fraction of sp³-hybridized carbons (Fsp3) is 0.800. The van der Waals surface area contributed by atoms with Crippen molar-refractivity contribution in [3.63, 3.8) is 0 Å². The van der Waals surface area contributed by atoms with E-state index in [1.54, 1.807) is 0 Å². The number of ether oxygens (including phenoxy) is 2. The van der Waals surface area contributed by atoms with Crippen LogP contribution in [0.25, 0.3) is 0 Å². The molecule has 2 heteroatoms. The molecule has 12 heavy (non-hydrogen) atoms. The van der Waals surface area contributed by atoms with E-state index in [1.165, 1.54) is 25.5 Å². The molecule has 0 N–H and O–H groups in total. The third-order valence-electron chi connectivity index (χ3n) is 1.62. The molecule has 0 aliphatic carbocycles. The van der Waals surface area contributed by atoms with Crippen LogP contribution in [0, 0.1) is 0 Å². The second kappa shape index (κ2) is 10.5. The van der Waals surface area contributed by atoms with E-state index in [0.29, 0.717) is 0 Å². The highest BCUT2D eigenvalue weighted by Crippen LogP contribution is 2.00. The lowest BCUT2D eigenvalue weighted by atomic mass is 10.2. The Labute approximate surface area is 75.6 Å². The highest BCUT2D eigenvalue weighted by Gasteiger charge is 1.89. The van der Waals surface area contributed by atoms with E-state index in [4.69, 9.17) is 9.47 Å². The van der Waals surface area contributed by atoms with Crippen LogP contribution in [0.2, 0.25) is 0 Å². The zero-order valence-corrected chi connectivity index (χ0v) is 8.05. The van der Waals surface area contributed by atoms with Gasteiger partial charge in [0, 0.05) is 13.2 Å². The monoisotopic (exact) mass is 172 g/mol. The molecule has 2 nitrogen and oxygen atoms in total. The summed E-state index contributed by atoms with van der Waals surface area (Å²) in [4.78, 5) is 0. The largest absolute Gasteiger partial charge is 0.502 e. The first-order chi connectivity index (χ1) is 5.91. The van der Waals surface area contributed by atoms with Crippen molar-refractivity contribution >= 4 is 0 Å². The third kappa shape index (κ3) is 9.50. The van der Waals surface area contributed by atoms with Crippen LogP contribution >= 0.6 is 0 Å². The average molecular weight is 172 g/mol. The van der Waals surface area contributed by atoms with Gasteiger partial charge in [-0.25, -0.2) is 0 Å². The van der Waals surface area contributed by atoms with Crippen molar-refractivity contribution in [2.45, 2.75) is 32.6 Å². The molecule has 0 bridgehead atoms.